The highest BCUT2D eigenvalue weighted by atomic mass is 19.1. The molecule has 8 nitrogen and oxygen atoms in total. The van der Waals surface area contributed by atoms with E-state index in [1.54, 1.807) is 0 Å². The molecule has 0 saturated carbocycles. The van der Waals surface area contributed by atoms with Crippen LogP contribution in [0.1, 0.15) is 29.0 Å². The SMILES string of the molecule is COc1nc(CNC(=O)c2ccc(OC)c(F)c2)nc(N2CCCC2)n1. The molecule has 1 aromatic heterocycles. The third-order valence-electron chi connectivity index (χ3n) is 4.04. The number of rotatable bonds is 6. The van der Waals surface area contributed by atoms with Crippen molar-refractivity contribution < 1.29 is 18.7 Å². The van der Waals surface area contributed by atoms with Gasteiger partial charge in [-0.1, -0.05) is 0 Å². The van der Waals surface area contributed by atoms with Crippen LogP contribution in [-0.4, -0.2) is 48.2 Å². The lowest BCUT2D eigenvalue weighted by Gasteiger charge is -2.16. The molecule has 26 heavy (non-hydrogen) atoms. The number of halogens is 1. The van der Waals surface area contributed by atoms with Crippen molar-refractivity contribution in [3.05, 3.63) is 35.4 Å². The zero-order chi connectivity index (χ0) is 18.5. The Hall–Kier alpha value is -2.97. The average Bonchev–Trinajstić information content (AvgIpc) is 3.20. The normalized spacial score (nSPS) is 13.6. The van der Waals surface area contributed by atoms with Gasteiger partial charge in [0.2, 0.25) is 5.95 Å². The first-order chi connectivity index (χ1) is 12.6. The summed E-state index contributed by atoms with van der Waals surface area (Å²) in [7, 11) is 2.84. The highest BCUT2D eigenvalue weighted by molar-refractivity contribution is 5.94. The molecule has 9 heteroatoms. The van der Waals surface area contributed by atoms with Gasteiger partial charge in [0.05, 0.1) is 20.8 Å². The maximum Gasteiger partial charge on any atom is 0.321 e. The van der Waals surface area contributed by atoms with Crippen LogP contribution in [0.15, 0.2) is 18.2 Å². The quantitative estimate of drug-likeness (QED) is 0.835. The number of carbonyl (C=O) groups excluding carboxylic acids is 1. The Morgan fingerprint density at radius 3 is 2.62 bits per heavy atom. The summed E-state index contributed by atoms with van der Waals surface area (Å²) in [4.78, 5) is 27.1. The maximum atomic E-state index is 13.7. The van der Waals surface area contributed by atoms with Crippen LogP contribution in [0.5, 0.6) is 11.8 Å². The second-order valence-electron chi connectivity index (χ2n) is 5.76. The summed E-state index contributed by atoms with van der Waals surface area (Å²) in [5, 5.41) is 2.68. The number of nitrogens with zero attached hydrogens (tertiary/aromatic N) is 4. The summed E-state index contributed by atoms with van der Waals surface area (Å²) >= 11 is 0. The van der Waals surface area contributed by atoms with E-state index in [0.29, 0.717) is 11.8 Å². The van der Waals surface area contributed by atoms with Crippen molar-refractivity contribution in [3.8, 4) is 11.8 Å². The molecule has 0 atom stereocenters. The number of methoxy groups -OCH3 is 2. The highest BCUT2D eigenvalue weighted by Crippen LogP contribution is 2.19. The molecule has 1 N–H and O–H groups in total. The van der Waals surface area contributed by atoms with Gasteiger partial charge in [-0.3, -0.25) is 4.79 Å². The van der Waals surface area contributed by atoms with Crippen LogP contribution in [0.3, 0.4) is 0 Å². The van der Waals surface area contributed by atoms with E-state index >= 15 is 0 Å². The molecule has 0 radical (unpaired) electrons. The van der Waals surface area contributed by atoms with Crippen molar-refractivity contribution in [2.45, 2.75) is 19.4 Å². The van der Waals surface area contributed by atoms with Gasteiger partial charge >= 0.3 is 6.01 Å². The minimum absolute atomic E-state index is 0.0756. The lowest BCUT2D eigenvalue weighted by atomic mass is 10.2. The average molecular weight is 361 g/mol. The second kappa shape index (κ2) is 7.94. The molecule has 3 rings (SSSR count). The summed E-state index contributed by atoms with van der Waals surface area (Å²) in [6.07, 6.45) is 2.17. The van der Waals surface area contributed by atoms with E-state index in [9.17, 15) is 9.18 Å². The molecule has 138 valence electrons. The van der Waals surface area contributed by atoms with Crippen molar-refractivity contribution in [2.24, 2.45) is 0 Å². The predicted octanol–water partition coefficient (Wildman–Crippen LogP) is 1.56. The lowest BCUT2D eigenvalue weighted by Crippen LogP contribution is -2.26. The monoisotopic (exact) mass is 361 g/mol. The molecule has 1 aromatic carbocycles. The third kappa shape index (κ3) is 3.98. The molecular formula is C17H20FN5O3. The molecule has 0 unspecified atom stereocenters. The number of ether oxygens (including phenoxy) is 2. The summed E-state index contributed by atoms with van der Waals surface area (Å²) in [5.41, 5.74) is 0.184. The summed E-state index contributed by atoms with van der Waals surface area (Å²) in [6, 6.07) is 4.21. The van der Waals surface area contributed by atoms with Gasteiger partial charge < -0.3 is 19.7 Å². The van der Waals surface area contributed by atoms with Gasteiger partial charge in [0, 0.05) is 18.7 Å². The van der Waals surface area contributed by atoms with Crippen LogP contribution >= 0.6 is 0 Å². The van der Waals surface area contributed by atoms with Gasteiger partial charge in [-0.2, -0.15) is 15.0 Å². The zero-order valence-corrected chi connectivity index (χ0v) is 14.7. The van der Waals surface area contributed by atoms with E-state index in [1.165, 1.54) is 26.4 Å². The Balaban J connectivity index is 1.71. The van der Waals surface area contributed by atoms with Crippen molar-refractivity contribution in [1.29, 1.82) is 0 Å². The Kier molecular flexibility index (Phi) is 5.45. The molecule has 1 aliphatic rings. The van der Waals surface area contributed by atoms with Gasteiger partial charge in [0.25, 0.3) is 5.91 Å². The molecule has 0 bridgehead atoms. The van der Waals surface area contributed by atoms with Gasteiger partial charge in [0.1, 0.15) is 0 Å². The van der Waals surface area contributed by atoms with E-state index < -0.39 is 11.7 Å². The van der Waals surface area contributed by atoms with E-state index in [2.05, 4.69) is 20.3 Å². The van der Waals surface area contributed by atoms with Crippen molar-refractivity contribution in [3.63, 3.8) is 0 Å². The van der Waals surface area contributed by atoms with Crippen molar-refractivity contribution in [1.82, 2.24) is 20.3 Å². The zero-order valence-electron chi connectivity index (χ0n) is 14.7. The fourth-order valence-electron chi connectivity index (χ4n) is 2.68. The fraction of sp³-hybridized carbons (Fsp3) is 0.412. The fourth-order valence-corrected chi connectivity index (χ4v) is 2.68. The van der Waals surface area contributed by atoms with Gasteiger partial charge in [-0.05, 0) is 31.0 Å². The largest absolute Gasteiger partial charge is 0.494 e. The number of anilines is 1. The molecule has 1 amide bonds. The lowest BCUT2D eigenvalue weighted by molar-refractivity contribution is 0.0949. The van der Waals surface area contributed by atoms with E-state index in [-0.39, 0.29) is 23.9 Å². The molecule has 0 spiro atoms. The van der Waals surface area contributed by atoms with Crippen LogP contribution in [0.4, 0.5) is 10.3 Å². The molecule has 1 fully saturated rings. The first kappa shape index (κ1) is 17.8. The van der Waals surface area contributed by atoms with Crippen LogP contribution < -0.4 is 19.7 Å². The van der Waals surface area contributed by atoms with E-state index in [0.717, 1.165) is 32.0 Å². The van der Waals surface area contributed by atoms with E-state index in [4.69, 9.17) is 9.47 Å². The number of nitrogens with one attached hydrogen (secondary N) is 1. The molecule has 0 aliphatic carbocycles. The molecule has 2 heterocycles. The standard InChI is InChI=1S/C17H20FN5O3/c1-25-13-6-5-11(9-12(13)18)15(24)19-10-14-20-16(22-17(21-14)26-2)23-7-3-4-8-23/h5-6,9H,3-4,7-8,10H2,1-2H3,(H,19,24). The molecule has 1 aliphatic heterocycles. The predicted molar refractivity (Wildman–Crippen MR) is 91.9 cm³/mol. The van der Waals surface area contributed by atoms with Gasteiger partial charge in [-0.25, -0.2) is 4.39 Å². The van der Waals surface area contributed by atoms with Gasteiger partial charge in [0.15, 0.2) is 17.4 Å². The number of hydrogen-bond acceptors (Lipinski definition) is 7. The summed E-state index contributed by atoms with van der Waals surface area (Å²) in [5.74, 6) is -0.0406. The number of hydrogen-bond donors (Lipinski definition) is 1. The van der Waals surface area contributed by atoms with Crippen LogP contribution in [0, 0.1) is 5.82 Å². The Bertz CT molecular complexity index is 796. The molecule has 1 saturated heterocycles. The van der Waals surface area contributed by atoms with Crippen LogP contribution in [0.2, 0.25) is 0 Å². The molecule has 2 aromatic rings. The first-order valence-electron chi connectivity index (χ1n) is 8.26. The number of carbonyl (C=O) groups is 1. The third-order valence-corrected chi connectivity index (χ3v) is 4.04. The van der Waals surface area contributed by atoms with Crippen LogP contribution in [-0.2, 0) is 6.54 Å². The Morgan fingerprint density at radius 1 is 1.19 bits per heavy atom. The Morgan fingerprint density at radius 2 is 1.96 bits per heavy atom. The molecular weight excluding hydrogens is 341 g/mol. The first-order valence-corrected chi connectivity index (χ1v) is 8.26. The highest BCUT2D eigenvalue weighted by Gasteiger charge is 2.18. The smallest absolute Gasteiger partial charge is 0.321 e. The minimum atomic E-state index is -0.599. The van der Waals surface area contributed by atoms with Gasteiger partial charge in [-0.15, -0.1) is 0 Å². The minimum Gasteiger partial charge on any atom is -0.494 e. The van der Waals surface area contributed by atoms with Crippen molar-refractivity contribution in [2.75, 3.05) is 32.2 Å². The summed E-state index contributed by atoms with van der Waals surface area (Å²) in [6.45, 7) is 1.83. The number of amides is 1. The Labute approximate surface area is 150 Å². The maximum absolute atomic E-state index is 13.7. The topological polar surface area (TPSA) is 89.5 Å². The van der Waals surface area contributed by atoms with Crippen molar-refractivity contribution >= 4 is 11.9 Å². The number of aromatic nitrogens is 3. The number of benzene rings is 1. The van der Waals surface area contributed by atoms with Crippen LogP contribution in [0.25, 0.3) is 0 Å². The van der Waals surface area contributed by atoms with E-state index in [1.807, 2.05) is 4.90 Å². The second-order valence-corrected chi connectivity index (χ2v) is 5.76. The summed E-state index contributed by atoms with van der Waals surface area (Å²) < 4.78 is 23.7.